The van der Waals surface area contributed by atoms with Crippen molar-refractivity contribution in [3.05, 3.63) is 41.5 Å². The highest BCUT2D eigenvalue weighted by Crippen LogP contribution is 2.25. The van der Waals surface area contributed by atoms with Crippen LogP contribution in [0.3, 0.4) is 0 Å². The topological polar surface area (TPSA) is 26.0 Å². The molecule has 0 unspecified atom stereocenters. The summed E-state index contributed by atoms with van der Waals surface area (Å²) in [7, 11) is 0. The lowest BCUT2D eigenvalue weighted by molar-refractivity contribution is 1.07. The Labute approximate surface area is 89.4 Å². The molecule has 1 heterocycles. The van der Waals surface area contributed by atoms with Crippen molar-refractivity contribution in [2.45, 2.75) is 13.0 Å². The van der Waals surface area contributed by atoms with Crippen LogP contribution in [-0.4, -0.2) is 11.5 Å². The van der Waals surface area contributed by atoms with Gasteiger partial charge in [-0.25, -0.2) is 0 Å². The van der Waals surface area contributed by atoms with Crippen molar-refractivity contribution in [1.82, 2.24) is 0 Å². The Bertz CT molecular complexity index is 327. The molecule has 1 aromatic carbocycles. The zero-order valence-electron chi connectivity index (χ0n) is 8.20. The summed E-state index contributed by atoms with van der Waals surface area (Å²) in [4.78, 5) is 0. The van der Waals surface area contributed by atoms with Gasteiger partial charge in [0.25, 0.3) is 0 Å². The first-order chi connectivity index (χ1) is 6.90. The van der Waals surface area contributed by atoms with E-state index in [1.165, 1.54) is 28.9 Å². The highest BCUT2D eigenvalue weighted by Gasteiger charge is 2.05. The van der Waals surface area contributed by atoms with Crippen LogP contribution in [0.25, 0.3) is 5.57 Å². The molecule has 0 spiro atoms. The molecule has 0 fully saturated rings. The van der Waals surface area contributed by atoms with Crippen LogP contribution >= 0.6 is 11.8 Å². The Hall–Kier alpha value is -0.730. The number of hydrogen-bond acceptors (Lipinski definition) is 2. The molecular weight excluding hydrogens is 190 g/mol. The Morgan fingerprint density at radius 3 is 2.57 bits per heavy atom. The van der Waals surface area contributed by atoms with Crippen molar-refractivity contribution in [3.8, 4) is 0 Å². The van der Waals surface area contributed by atoms with E-state index in [1.807, 2.05) is 11.8 Å². The van der Waals surface area contributed by atoms with Gasteiger partial charge in [0.05, 0.1) is 0 Å². The van der Waals surface area contributed by atoms with Gasteiger partial charge in [-0.2, -0.15) is 11.8 Å². The van der Waals surface area contributed by atoms with Gasteiger partial charge in [0, 0.05) is 12.3 Å². The Balaban J connectivity index is 2.19. The lowest BCUT2D eigenvalue weighted by atomic mass is 10.0. The maximum Gasteiger partial charge on any atom is 0.0178 e. The first-order valence-corrected chi connectivity index (χ1v) is 6.12. The summed E-state index contributed by atoms with van der Waals surface area (Å²) in [5, 5.41) is 0. The van der Waals surface area contributed by atoms with Gasteiger partial charge in [-0.3, -0.25) is 0 Å². The fourth-order valence-electron chi connectivity index (χ4n) is 1.64. The molecule has 74 valence electrons. The Morgan fingerprint density at radius 1 is 1.21 bits per heavy atom. The second-order valence-corrected chi connectivity index (χ2v) is 4.61. The van der Waals surface area contributed by atoms with Gasteiger partial charge in [0.1, 0.15) is 0 Å². The van der Waals surface area contributed by atoms with E-state index in [4.69, 9.17) is 5.73 Å². The van der Waals surface area contributed by atoms with Gasteiger partial charge in [0.15, 0.2) is 0 Å². The first kappa shape index (κ1) is 9.81. The van der Waals surface area contributed by atoms with Gasteiger partial charge in [-0.05, 0) is 28.9 Å². The highest BCUT2D eigenvalue weighted by atomic mass is 32.2. The van der Waals surface area contributed by atoms with E-state index in [0.29, 0.717) is 6.54 Å². The van der Waals surface area contributed by atoms with E-state index < -0.39 is 0 Å². The normalized spacial score (nSPS) is 16.5. The maximum atomic E-state index is 5.56. The molecule has 14 heavy (non-hydrogen) atoms. The molecule has 0 atom stereocenters. The zero-order valence-corrected chi connectivity index (χ0v) is 9.02. The van der Waals surface area contributed by atoms with Gasteiger partial charge in [0.2, 0.25) is 0 Å². The van der Waals surface area contributed by atoms with Crippen LogP contribution in [-0.2, 0) is 6.54 Å². The summed E-state index contributed by atoms with van der Waals surface area (Å²) >= 11 is 2.00. The molecule has 0 radical (unpaired) electrons. The third-order valence-electron chi connectivity index (χ3n) is 2.52. The van der Waals surface area contributed by atoms with Crippen LogP contribution < -0.4 is 5.73 Å². The Kier molecular flexibility index (Phi) is 3.27. The van der Waals surface area contributed by atoms with Crippen molar-refractivity contribution >= 4 is 17.3 Å². The fraction of sp³-hybridized carbons (Fsp3) is 0.333. The third-order valence-corrected chi connectivity index (χ3v) is 3.42. The molecule has 0 saturated carbocycles. The van der Waals surface area contributed by atoms with Gasteiger partial charge in [-0.1, -0.05) is 30.3 Å². The molecule has 1 aliphatic rings. The summed E-state index contributed by atoms with van der Waals surface area (Å²) in [6.07, 6.45) is 3.54. The van der Waals surface area contributed by atoms with Crippen LogP contribution in [0.1, 0.15) is 17.5 Å². The van der Waals surface area contributed by atoms with Crippen LogP contribution in [0.4, 0.5) is 0 Å². The van der Waals surface area contributed by atoms with E-state index in [0.717, 1.165) is 5.75 Å². The predicted octanol–water partition coefficient (Wildman–Crippen LogP) is 2.67. The SMILES string of the molecule is NCc1ccc(C2=CCSCC2)cc1. The quantitative estimate of drug-likeness (QED) is 0.803. The summed E-state index contributed by atoms with van der Waals surface area (Å²) in [6.45, 7) is 0.634. The lowest BCUT2D eigenvalue weighted by Crippen LogP contribution is -1.98. The molecule has 2 heteroatoms. The van der Waals surface area contributed by atoms with Crippen molar-refractivity contribution in [2.75, 3.05) is 11.5 Å². The minimum absolute atomic E-state index is 0.634. The average molecular weight is 205 g/mol. The second kappa shape index (κ2) is 4.67. The third kappa shape index (κ3) is 2.20. The highest BCUT2D eigenvalue weighted by molar-refractivity contribution is 7.99. The summed E-state index contributed by atoms with van der Waals surface area (Å²) in [5.41, 5.74) is 9.62. The summed E-state index contributed by atoms with van der Waals surface area (Å²) < 4.78 is 0. The van der Waals surface area contributed by atoms with Crippen molar-refractivity contribution < 1.29 is 0 Å². The summed E-state index contributed by atoms with van der Waals surface area (Å²) in [6, 6.07) is 8.61. The van der Waals surface area contributed by atoms with Gasteiger partial charge < -0.3 is 5.73 Å². The van der Waals surface area contributed by atoms with Crippen molar-refractivity contribution in [3.63, 3.8) is 0 Å². The number of benzene rings is 1. The van der Waals surface area contributed by atoms with Crippen molar-refractivity contribution in [2.24, 2.45) is 5.73 Å². The first-order valence-electron chi connectivity index (χ1n) is 4.96. The zero-order chi connectivity index (χ0) is 9.80. The van der Waals surface area contributed by atoms with Crippen LogP contribution in [0.2, 0.25) is 0 Å². The van der Waals surface area contributed by atoms with Crippen LogP contribution in [0, 0.1) is 0 Å². The molecule has 0 amide bonds. The standard InChI is InChI=1S/C12H15NS/c13-9-10-1-3-11(4-2-10)12-5-7-14-8-6-12/h1-5H,6-9,13H2. The second-order valence-electron chi connectivity index (χ2n) is 3.46. The number of thioether (sulfide) groups is 1. The molecule has 2 N–H and O–H groups in total. The largest absolute Gasteiger partial charge is 0.326 e. The van der Waals surface area contributed by atoms with Crippen LogP contribution in [0.15, 0.2) is 30.3 Å². The smallest absolute Gasteiger partial charge is 0.0178 e. The van der Waals surface area contributed by atoms with Crippen LogP contribution in [0.5, 0.6) is 0 Å². The molecule has 1 aliphatic heterocycles. The van der Waals surface area contributed by atoms with E-state index in [2.05, 4.69) is 30.3 Å². The molecule has 1 aromatic rings. The van der Waals surface area contributed by atoms with E-state index >= 15 is 0 Å². The number of allylic oxidation sites excluding steroid dienone is 1. The number of rotatable bonds is 2. The van der Waals surface area contributed by atoms with E-state index in [-0.39, 0.29) is 0 Å². The molecule has 0 aliphatic carbocycles. The minimum Gasteiger partial charge on any atom is -0.326 e. The predicted molar refractivity (Wildman–Crippen MR) is 64.3 cm³/mol. The molecule has 0 saturated heterocycles. The fourth-order valence-corrected chi connectivity index (χ4v) is 2.49. The number of hydrogen-bond donors (Lipinski definition) is 1. The van der Waals surface area contributed by atoms with Gasteiger partial charge >= 0.3 is 0 Å². The summed E-state index contributed by atoms with van der Waals surface area (Å²) in [5.74, 6) is 2.42. The van der Waals surface area contributed by atoms with E-state index in [1.54, 1.807) is 0 Å². The average Bonchev–Trinajstić information content (AvgIpc) is 2.30. The van der Waals surface area contributed by atoms with Crippen molar-refractivity contribution in [1.29, 1.82) is 0 Å². The molecular formula is C12H15NS. The Morgan fingerprint density at radius 2 is 2.00 bits per heavy atom. The maximum absolute atomic E-state index is 5.56. The molecule has 0 bridgehead atoms. The minimum atomic E-state index is 0.634. The van der Waals surface area contributed by atoms with E-state index in [9.17, 15) is 0 Å². The molecule has 1 nitrogen and oxygen atoms in total. The molecule has 0 aromatic heterocycles. The molecule has 2 rings (SSSR count). The number of nitrogens with two attached hydrogens (primary N) is 1. The monoisotopic (exact) mass is 205 g/mol. The lowest BCUT2D eigenvalue weighted by Gasteiger charge is -2.12. The van der Waals surface area contributed by atoms with Gasteiger partial charge in [-0.15, -0.1) is 0 Å².